The number of imidazole rings is 1. The van der Waals surface area contributed by atoms with E-state index in [0.29, 0.717) is 26.0 Å². The molecule has 0 aliphatic rings. The quantitative estimate of drug-likeness (QED) is 0.778. The van der Waals surface area contributed by atoms with Crippen molar-refractivity contribution < 1.29 is 4.74 Å². The number of pyridine rings is 1. The van der Waals surface area contributed by atoms with Gasteiger partial charge in [0.1, 0.15) is 10.2 Å². The molecule has 92 valence electrons. The molecule has 0 spiro atoms. The number of hydrogen-bond donors (Lipinski definition) is 1. The van der Waals surface area contributed by atoms with Gasteiger partial charge in [0.25, 0.3) is 0 Å². The van der Waals surface area contributed by atoms with Gasteiger partial charge in [0.2, 0.25) is 5.88 Å². The molecule has 0 amide bonds. The summed E-state index contributed by atoms with van der Waals surface area (Å²) in [7, 11) is 1.57. The number of rotatable bonds is 2. The van der Waals surface area contributed by atoms with Crippen LogP contribution in [-0.2, 0) is 0 Å². The van der Waals surface area contributed by atoms with Crippen LogP contribution in [0.1, 0.15) is 0 Å². The van der Waals surface area contributed by atoms with E-state index in [0.717, 1.165) is 11.1 Å². The van der Waals surface area contributed by atoms with Crippen LogP contribution in [0, 0.1) is 0 Å². The lowest BCUT2D eigenvalue weighted by atomic mass is 10.3. The zero-order valence-electron chi connectivity index (χ0n) is 9.20. The molecule has 0 aliphatic heterocycles. The third-order valence-electron chi connectivity index (χ3n) is 2.44. The number of fused-ring (bicyclic) bond motifs is 1. The number of nitrogens with zero attached hydrogens (tertiary/aromatic N) is 2. The van der Waals surface area contributed by atoms with Crippen molar-refractivity contribution in [3.63, 3.8) is 0 Å². The van der Waals surface area contributed by atoms with E-state index in [2.05, 4.69) is 15.0 Å². The first kappa shape index (κ1) is 11.8. The van der Waals surface area contributed by atoms with Crippen molar-refractivity contribution in [3.8, 4) is 17.3 Å². The van der Waals surface area contributed by atoms with Crippen molar-refractivity contribution in [3.05, 3.63) is 26.9 Å². The van der Waals surface area contributed by atoms with Gasteiger partial charge in [-0.25, -0.2) is 4.98 Å². The van der Waals surface area contributed by atoms with Crippen LogP contribution in [0.4, 0.5) is 0 Å². The summed E-state index contributed by atoms with van der Waals surface area (Å²) in [6.45, 7) is 0. The molecule has 0 saturated carbocycles. The highest BCUT2D eigenvalue weighted by Gasteiger charge is 2.13. The first-order valence-electron chi connectivity index (χ1n) is 5.03. The van der Waals surface area contributed by atoms with Gasteiger partial charge in [0.15, 0.2) is 5.65 Å². The van der Waals surface area contributed by atoms with Crippen LogP contribution in [-0.4, -0.2) is 22.1 Å². The fourth-order valence-corrected chi connectivity index (χ4v) is 3.08. The van der Waals surface area contributed by atoms with E-state index >= 15 is 0 Å². The maximum Gasteiger partial charge on any atom is 0.215 e. The van der Waals surface area contributed by atoms with Crippen molar-refractivity contribution in [2.24, 2.45) is 0 Å². The van der Waals surface area contributed by atoms with E-state index in [1.54, 1.807) is 19.2 Å². The van der Waals surface area contributed by atoms with Gasteiger partial charge in [0, 0.05) is 11.6 Å². The highest BCUT2D eigenvalue weighted by molar-refractivity contribution is 7.20. The van der Waals surface area contributed by atoms with E-state index in [1.807, 2.05) is 6.07 Å². The number of thiophene rings is 1. The van der Waals surface area contributed by atoms with Gasteiger partial charge in [-0.15, -0.1) is 11.3 Å². The highest BCUT2D eigenvalue weighted by Crippen LogP contribution is 2.37. The summed E-state index contributed by atoms with van der Waals surface area (Å²) in [5, 5.41) is 0. The average molecular weight is 300 g/mol. The standard InChI is InChI=1S/C11H7Cl2N3OS/c1-17-8-3-2-6-11(15-8)16-10(14-6)5-4-7(12)18-9(5)13/h2-4H,1H3,(H,14,15,16). The molecule has 0 atom stereocenters. The van der Waals surface area contributed by atoms with E-state index in [9.17, 15) is 0 Å². The normalized spacial score (nSPS) is 11.1. The molecule has 3 heterocycles. The van der Waals surface area contributed by atoms with Crippen LogP contribution in [0.2, 0.25) is 8.67 Å². The second kappa shape index (κ2) is 4.42. The molecule has 0 fully saturated rings. The maximum atomic E-state index is 6.09. The number of aromatic nitrogens is 3. The molecule has 18 heavy (non-hydrogen) atoms. The SMILES string of the molecule is COc1ccc2[nH]c(-c3cc(Cl)sc3Cl)nc2n1. The molecule has 3 aromatic rings. The van der Waals surface area contributed by atoms with Crippen molar-refractivity contribution in [2.45, 2.75) is 0 Å². The molecule has 4 nitrogen and oxygen atoms in total. The Balaban J connectivity index is 2.16. The zero-order valence-corrected chi connectivity index (χ0v) is 11.5. The van der Waals surface area contributed by atoms with Crippen molar-refractivity contribution in [1.82, 2.24) is 15.0 Å². The van der Waals surface area contributed by atoms with Gasteiger partial charge >= 0.3 is 0 Å². The second-order valence-corrected chi connectivity index (χ2v) is 5.83. The van der Waals surface area contributed by atoms with E-state index in [-0.39, 0.29) is 0 Å². The molecule has 3 rings (SSSR count). The fraction of sp³-hybridized carbons (Fsp3) is 0.0909. The highest BCUT2D eigenvalue weighted by atomic mass is 35.5. The molecule has 0 aliphatic carbocycles. The summed E-state index contributed by atoms with van der Waals surface area (Å²) in [5.74, 6) is 1.17. The van der Waals surface area contributed by atoms with Crippen LogP contribution >= 0.6 is 34.5 Å². The van der Waals surface area contributed by atoms with Gasteiger partial charge in [-0.1, -0.05) is 23.2 Å². The number of halogens is 2. The minimum absolute atomic E-state index is 0.523. The fourth-order valence-electron chi connectivity index (χ4n) is 1.62. The topological polar surface area (TPSA) is 50.8 Å². The number of methoxy groups -OCH3 is 1. The molecule has 0 bridgehead atoms. The Labute approximate surface area is 117 Å². The Bertz CT molecular complexity index is 722. The molecular weight excluding hydrogens is 293 g/mol. The number of aromatic amines is 1. The van der Waals surface area contributed by atoms with Gasteiger partial charge in [-0.3, -0.25) is 0 Å². The van der Waals surface area contributed by atoms with Crippen LogP contribution in [0.15, 0.2) is 18.2 Å². The second-order valence-electron chi connectivity index (χ2n) is 3.55. The number of ether oxygens (including phenoxy) is 1. The third kappa shape index (κ3) is 1.94. The summed E-state index contributed by atoms with van der Waals surface area (Å²) in [6.07, 6.45) is 0. The number of H-pyrrole nitrogens is 1. The van der Waals surface area contributed by atoms with E-state index in [4.69, 9.17) is 27.9 Å². The Morgan fingerprint density at radius 3 is 2.78 bits per heavy atom. The lowest BCUT2D eigenvalue weighted by Crippen LogP contribution is -1.86. The summed E-state index contributed by atoms with van der Waals surface area (Å²) in [6, 6.07) is 5.41. The summed E-state index contributed by atoms with van der Waals surface area (Å²) in [4.78, 5) is 11.8. The van der Waals surface area contributed by atoms with E-state index in [1.165, 1.54) is 11.3 Å². The summed E-state index contributed by atoms with van der Waals surface area (Å²) >= 11 is 13.3. The van der Waals surface area contributed by atoms with Gasteiger partial charge in [-0.2, -0.15) is 4.98 Å². The van der Waals surface area contributed by atoms with E-state index < -0.39 is 0 Å². The van der Waals surface area contributed by atoms with Crippen molar-refractivity contribution in [2.75, 3.05) is 7.11 Å². The molecule has 7 heteroatoms. The van der Waals surface area contributed by atoms with Gasteiger partial charge in [0.05, 0.1) is 17.0 Å². The van der Waals surface area contributed by atoms with Crippen LogP contribution < -0.4 is 4.74 Å². The molecule has 0 aromatic carbocycles. The van der Waals surface area contributed by atoms with Crippen LogP contribution in [0.3, 0.4) is 0 Å². The average Bonchev–Trinajstić information content (AvgIpc) is 2.90. The molecule has 1 N–H and O–H groups in total. The van der Waals surface area contributed by atoms with Crippen LogP contribution in [0.5, 0.6) is 5.88 Å². The van der Waals surface area contributed by atoms with Gasteiger partial charge < -0.3 is 9.72 Å². The third-order valence-corrected chi connectivity index (χ3v) is 3.93. The smallest absolute Gasteiger partial charge is 0.215 e. The molecule has 0 saturated heterocycles. The molecule has 0 unspecified atom stereocenters. The Hall–Kier alpha value is -1.30. The zero-order chi connectivity index (χ0) is 12.7. The minimum Gasteiger partial charge on any atom is -0.481 e. The predicted molar refractivity (Wildman–Crippen MR) is 73.8 cm³/mol. The lowest BCUT2D eigenvalue weighted by Gasteiger charge is -1.95. The monoisotopic (exact) mass is 299 g/mol. The summed E-state index contributed by atoms with van der Waals surface area (Å²) < 4.78 is 6.28. The Morgan fingerprint density at radius 2 is 2.11 bits per heavy atom. The minimum atomic E-state index is 0.523. The first-order valence-corrected chi connectivity index (χ1v) is 6.60. The first-order chi connectivity index (χ1) is 8.67. The number of hydrogen-bond acceptors (Lipinski definition) is 4. The Morgan fingerprint density at radius 1 is 1.28 bits per heavy atom. The molecule has 0 radical (unpaired) electrons. The molecular formula is C11H7Cl2N3OS. The Kier molecular flexibility index (Phi) is 2.89. The van der Waals surface area contributed by atoms with Crippen molar-refractivity contribution >= 4 is 45.7 Å². The summed E-state index contributed by atoms with van der Waals surface area (Å²) in [5.41, 5.74) is 2.19. The van der Waals surface area contributed by atoms with Gasteiger partial charge in [-0.05, 0) is 12.1 Å². The maximum absolute atomic E-state index is 6.09. The largest absolute Gasteiger partial charge is 0.481 e. The number of nitrogens with one attached hydrogen (secondary N) is 1. The van der Waals surface area contributed by atoms with Crippen LogP contribution in [0.25, 0.3) is 22.6 Å². The predicted octanol–water partition coefficient (Wildman–Crippen LogP) is 4.00. The van der Waals surface area contributed by atoms with Crippen molar-refractivity contribution in [1.29, 1.82) is 0 Å². The lowest BCUT2D eigenvalue weighted by molar-refractivity contribution is 0.399. The molecule has 3 aromatic heterocycles.